The number of anilines is 1. The van der Waals surface area contributed by atoms with Gasteiger partial charge in [0.2, 0.25) is 0 Å². The first-order chi connectivity index (χ1) is 11.5. The summed E-state index contributed by atoms with van der Waals surface area (Å²) in [5.74, 6) is 0.971. The third-order valence-corrected chi connectivity index (χ3v) is 5.84. The fourth-order valence-electron chi connectivity index (χ4n) is 3.05. The molecular formula is C20H24N2OS. The van der Waals surface area contributed by atoms with Crippen molar-refractivity contribution in [3.05, 3.63) is 64.2 Å². The van der Waals surface area contributed by atoms with Gasteiger partial charge in [-0.3, -0.25) is 0 Å². The molecule has 1 fully saturated rings. The predicted molar refractivity (Wildman–Crippen MR) is 103 cm³/mol. The summed E-state index contributed by atoms with van der Waals surface area (Å²) in [5.41, 5.74) is 7.02. The zero-order valence-electron chi connectivity index (χ0n) is 14.7. The van der Waals surface area contributed by atoms with Crippen LogP contribution in [-0.2, 0) is 0 Å². The quantitative estimate of drug-likeness (QED) is 0.815. The molecule has 3 rings (SSSR count). The van der Waals surface area contributed by atoms with E-state index in [2.05, 4.69) is 51.2 Å². The van der Waals surface area contributed by atoms with Gasteiger partial charge < -0.3 is 10.2 Å². The van der Waals surface area contributed by atoms with E-state index in [1.54, 1.807) is 0 Å². The Morgan fingerprint density at radius 1 is 1.04 bits per heavy atom. The van der Waals surface area contributed by atoms with Gasteiger partial charge in [0, 0.05) is 18.0 Å². The first-order valence-corrected chi connectivity index (χ1v) is 9.34. The lowest BCUT2D eigenvalue weighted by Crippen LogP contribution is -2.34. The highest BCUT2D eigenvalue weighted by molar-refractivity contribution is 7.99. The predicted octanol–water partition coefficient (Wildman–Crippen LogP) is 5.20. The van der Waals surface area contributed by atoms with E-state index in [4.69, 9.17) is 0 Å². The molecule has 1 N–H and O–H groups in total. The van der Waals surface area contributed by atoms with Crippen molar-refractivity contribution in [3.8, 4) is 0 Å². The standard InChI is InChI=1S/C20H24N2OS/c1-13-5-8-18(16(4)11-13)19-22(9-10-24-19)20(23)21-17-7-6-14(2)15(3)12-17/h5-8,11-12,19H,9-10H2,1-4H3,(H,21,23). The van der Waals surface area contributed by atoms with Gasteiger partial charge in [0.15, 0.2) is 0 Å². The highest BCUT2D eigenvalue weighted by atomic mass is 32.2. The summed E-state index contributed by atoms with van der Waals surface area (Å²) in [4.78, 5) is 14.7. The highest BCUT2D eigenvalue weighted by Crippen LogP contribution is 2.39. The number of rotatable bonds is 2. The molecule has 0 aromatic heterocycles. The monoisotopic (exact) mass is 340 g/mol. The van der Waals surface area contributed by atoms with Crippen LogP contribution < -0.4 is 5.32 Å². The van der Waals surface area contributed by atoms with Crippen LogP contribution in [0.1, 0.15) is 33.2 Å². The Kier molecular flexibility index (Phi) is 4.86. The molecule has 0 bridgehead atoms. The lowest BCUT2D eigenvalue weighted by molar-refractivity contribution is 0.214. The highest BCUT2D eigenvalue weighted by Gasteiger charge is 2.31. The molecule has 1 aliphatic heterocycles. The average Bonchev–Trinajstić information content (AvgIpc) is 3.00. The van der Waals surface area contributed by atoms with Gasteiger partial charge >= 0.3 is 6.03 Å². The molecule has 2 amide bonds. The Morgan fingerprint density at radius 2 is 1.83 bits per heavy atom. The summed E-state index contributed by atoms with van der Waals surface area (Å²) in [5, 5.41) is 3.15. The number of hydrogen-bond acceptors (Lipinski definition) is 2. The minimum absolute atomic E-state index is 0.0202. The molecule has 1 atom stereocenters. The number of carbonyl (C=O) groups excluding carboxylic acids is 1. The minimum Gasteiger partial charge on any atom is -0.308 e. The number of hydrogen-bond donors (Lipinski definition) is 1. The first-order valence-electron chi connectivity index (χ1n) is 8.29. The fraction of sp³-hybridized carbons (Fsp3) is 0.350. The van der Waals surface area contributed by atoms with E-state index in [9.17, 15) is 4.79 Å². The van der Waals surface area contributed by atoms with Crippen LogP contribution in [0.2, 0.25) is 0 Å². The SMILES string of the molecule is Cc1ccc(C2SCCN2C(=O)Nc2ccc(C)c(C)c2)c(C)c1. The Morgan fingerprint density at radius 3 is 2.54 bits per heavy atom. The van der Waals surface area contributed by atoms with Gasteiger partial charge in [-0.25, -0.2) is 4.79 Å². The molecular weight excluding hydrogens is 316 g/mol. The summed E-state index contributed by atoms with van der Waals surface area (Å²) in [6, 6.07) is 12.5. The van der Waals surface area contributed by atoms with Crippen LogP contribution in [0.5, 0.6) is 0 Å². The number of thioether (sulfide) groups is 1. The molecule has 3 nitrogen and oxygen atoms in total. The first kappa shape index (κ1) is 16.9. The molecule has 1 unspecified atom stereocenters. The van der Waals surface area contributed by atoms with Crippen molar-refractivity contribution in [2.45, 2.75) is 33.1 Å². The second-order valence-corrected chi connectivity index (χ2v) is 7.69. The third kappa shape index (κ3) is 3.44. The molecule has 24 heavy (non-hydrogen) atoms. The van der Waals surface area contributed by atoms with Crippen LogP contribution >= 0.6 is 11.8 Å². The Hall–Kier alpha value is -1.94. The normalized spacial score (nSPS) is 17.2. The maximum atomic E-state index is 12.8. The second kappa shape index (κ2) is 6.89. The zero-order chi connectivity index (χ0) is 17.3. The summed E-state index contributed by atoms with van der Waals surface area (Å²) in [6.45, 7) is 9.14. The molecule has 1 aliphatic rings. The number of nitrogens with one attached hydrogen (secondary N) is 1. The molecule has 0 aliphatic carbocycles. The van der Waals surface area contributed by atoms with E-state index >= 15 is 0 Å². The van der Waals surface area contributed by atoms with Crippen molar-refractivity contribution in [2.75, 3.05) is 17.6 Å². The van der Waals surface area contributed by atoms with E-state index in [1.165, 1.54) is 27.8 Å². The molecule has 1 saturated heterocycles. The maximum Gasteiger partial charge on any atom is 0.323 e. The van der Waals surface area contributed by atoms with E-state index in [0.29, 0.717) is 0 Å². The van der Waals surface area contributed by atoms with Crippen molar-refractivity contribution in [1.29, 1.82) is 0 Å². The lowest BCUT2D eigenvalue weighted by Gasteiger charge is -2.26. The van der Waals surface area contributed by atoms with Crippen LogP contribution in [-0.4, -0.2) is 23.2 Å². The molecule has 2 aromatic carbocycles. The molecule has 0 spiro atoms. The average molecular weight is 340 g/mol. The van der Waals surface area contributed by atoms with Gasteiger partial charge in [-0.15, -0.1) is 11.8 Å². The van der Waals surface area contributed by atoms with Crippen LogP contribution in [0.25, 0.3) is 0 Å². The summed E-state index contributed by atoms with van der Waals surface area (Å²) >= 11 is 1.83. The van der Waals surface area contributed by atoms with Gasteiger partial charge in [-0.1, -0.05) is 29.8 Å². The van der Waals surface area contributed by atoms with Crippen molar-refractivity contribution in [2.24, 2.45) is 0 Å². The van der Waals surface area contributed by atoms with Gasteiger partial charge in [0.25, 0.3) is 0 Å². The Bertz CT molecular complexity index is 772. The van der Waals surface area contributed by atoms with Crippen molar-refractivity contribution in [1.82, 2.24) is 4.90 Å². The van der Waals surface area contributed by atoms with Gasteiger partial charge in [0.05, 0.1) is 0 Å². The van der Waals surface area contributed by atoms with Crippen molar-refractivity contribution in [3.63, 3.8) is 0 Å². The van der Waals surface area contributed by atoms with Crippen LogP contribution in [0, 0.1) is 27.7 Å². The Labute approximate surface area is 148 Å². The van der Waals surface area contributed by atoms with E-state index in [-0.39, 0.29) is 11.4 Å². The van der Waals surface area contributed by atoms with Crippen LogP contribution in [0.15, 0.2) is 36.4 Å². The second-order valence-electron chi connectivity index (χ2n) is 6.51. The molecule has 4 heteroatoms. The van der Waals surface area contributed by atoms with Gasteiger partial charge in [-0.2, -0.15) is 0 Å². The maximum absolute atomic E-state index is 12.8. The smallest absolute Gasteiger partial charge is 0.308 e. The third-order valence-electron chi connectivity index (χ3n) is 4.60. The molecule has 0 radical (unpaired) electrons. The molecule has 126 valence electrons. The molecule has 2 aromatic rings. The topological polar surface area (TPSA) is 32.3 Å². The zero-order valence-corrected chi connectivity index (χ0v) is 15.5. The summed E-state index contributed by atoms with van der Waals surface area (Å²) < 4.78 is 0. The van der Waals surface area contributed by atoms with Crippen molar-refractivity contribution >= 4 is 23.5 Å². The Balaban J connectivity index is 1.79. The minimum atomic E-state index is -0.0202. The number of urea groups is 1. The van der Waals surface area contributed by atoms with Crippen LogP contribution in [0.3, 0.4) is 0 Å². The number of carbonyl (C=O) groups is 1. The largest absolute Gasteiger partial charge is 0.323 e. The molecule has 0 saturated carbocycles. The molecule has 1 heterocycles. The number of aryl methyl sites for hydroxylation is 4. The number of benzene rings is 2. The van der Waals surface area contributed by atoms with E-state index in [0.717, 1.165) is 18.0 Å². The van der Waals surface area contributed by atoms with Crippen molar-refractivity contribution < 1.29 is 4.79 Å². The summed E-state index contributed by atoms with van der Waals surface area (Å²) in [6.07, 6.45) is 0. The number of amides is 2. The van der Waals surface area contributed by atoms with Gasteiger partial charge in [0.1, 0.15) is 5.37 Å². The fourth-order valence-corrected chi connectivity index (χ4v) is 4.40. The van der Waals surface area contributed by atoms with Crippen LogP contribution in [0.4, 0.5) is 10.5 Å². The van der Waals surface area contributed by atoms with E-state index < -0.39 is 0 Å². The number of nitrogens with zero attached hydrogens (tertiary/aromatic N) is 1. The van der Waals surface area contributed by atoms with Gasteiger partial charge in [-0.05, 0) is 62.1 Å². The van der Waals surface area contributed by atoms with E-state index in [1.807, 2.05) is 34.9 Å². The lowest BCUT2D eigenvalue weighted by atomic mass is 10.1. The summed E-state index contributed by atoms with van der Waals surface area (Å²) in [7, 11) is 0.